The summed E-state index contributed by atoms with van der Waals surface area (Å²) in [6.45, 7) is 0. The second-order valence-electron chi connectivity index (χ2n) is 6.59. The molecule has 0 bridgehead atoms. The van der Waals surface area contributed by atoms with Crippen molar-refractivity contribution in [2.45, 2.75) is 9.79 Å². The maximum absolute atomic E-state index is 12.3. The molecule has 0 heterocycles. The Morgan fingerprint density at radius 2 is 1.47 bits per heavy atom. The molecule has 4 aromatic rings. The van der Waals surface area contributed by atoms with Gasteiger partial charge in [0.15, 0.2) is 0 Å². The van der Waals surface area contributed by atoms with Crippen LogP contribution in [0.4, 0.5) is 11.4 Å². The zero-order valence-electron chi connectivity index (χ0n) is 15.8. The first kappa shape index (κ1) is 23.8. The van der Waals surface area contributed by atoms with Gasteiger partial charge in [-0.2, -0.15) is 13.5 Å². The summed E-state index contributed by atoms with van der Waals surface area (Å²) in [7, 11) is -9.55. The van der Waals surface area contributed by atoms with Crippen LogP contribution in [0.5, 0.6) is 5.75 Å². The van der Waals surface area contributed by atoms with E-state index in [4.69, 9.17) is 0 Å². The van der Waals surface area contributed by atoms with E-state index in [-0.39, 0.29) is 33.8 Å². The van der Waals surface area contributed by atoms with Crippen LogP contribution in [-0.2, 0) is 37.3 Å². The summed E-state index contributed by atoms with van der Waals surface area (Å²) in [5.74, 6) is -0.429. The van der Waals surface area contributed by atoms with Gasteiger partial charge in [-0.3, -0.25) is 4.55 Å². The zero-order chi connectivity index (χ0) is 22.4. The largest absolute Gasteiger partial charge is 2.00 e. The van der Waals surface area contributed by atoms with Crippen LogP contribution in [0, 0.1) is 0 Å². The van der Waals surface area contributed by atoms with Crippen LogP contribution in [0.25, 0.3) is 21.5 Å². The Bertz CT molecular complexity index is 1600. The third-order valence-corrected chi connectivity index (χ3v) is 6.29. The van der Waals surface area contributed by atoms with Gasteiger partial charge in [0.1, 0.15) is 20.7 Å². The van der Waals surface area contributed by atoms with Gasteiger partial charge >= 0.3 is 17.1 Å². The van der Waals surface area contributed by atoms with Crippen LogP contribution >= 0.6 is 0 Å². The van der Waals surface area contributed by atoms with Gasteiger partial charge in [-0.25, -0.2) is 8.42 Å². The van der Waals surface area contributed by atoms with E-state index < -0.39 is 35.8 Å². The number of azo groups is 1. The molecular weight excluding hydrogens is 499 g/mol. The average Bonchev–Trinajstić information content (AvgIpc) is 2.70. The Kier molecular flexibility index (Phi) is 6.38. The van der Waals surface area contributed by atoms with E-state index in [1.807, 2.05) is 0 Å². The first-order valence-corrected chi connectivity index (χ1v) is 11.5. The summed E-state index contributed by atoms with van der Waals surface area (Å²) in [6, 6.07) is 15.5. The third kappa shape index (κ3) is 4.65. The number of nitrogens with zero attached hydrogens (tertiary/aromatic N) is 2. The van der Waals surface area contributed by atoms with Gasteiger partial charge < -0.3 is 9.66 Å². The first-order valence-electron chi connectivity index (χ1n) is 8.66. The molecule has 4 aromatic carbocycles. The van der Waals surface area contributed by atoms with E-state index >= 15 is 0 Å². The summed E-state index contributed by atoms with van der Waals surface area (Å²) in [5, 5.41) is 21.8. The molecule has 0 saturated carbocycles. The molecule has 12 heteroatoms. The molecule has 0 fully saturated rings. The Morgan fingerprint density at radius 1 is 0.781 bits per heavy atom. The third-order valence-electron chi connectivity index (χ3n) is 4.58. The van der Waals surface area contributed by atoms with Gasteiger partial charge in [0, 0.05) is 5.39 Å². The molecule has 1 radical (unpaired) electrons. The fourth-order valence-electron chi connectivity index (χ4n) is 3.13. The smallest absolute Gasteiger partial charge is 0.871 e. The zero-order valence-corrected chi connectivity index (χ0v) is 18.6. The van der Waals surface area contributed by atoms with Gasteiger partial charge in [0.2, 0.25) is 0 Å². The Balaban J connectivity index is 0.00000289. The molecule has 32 heavy (non-hydrogen) atoms. The van der Waals surface area contributed by atoms with Crippen LogP contribution in [0.3, 0.4) is 0 Å². The minimum absolute atomic E-state index is 0. The van der Waals surface area contributed by atoms with E-state index in [2.05, 4.69) is 10.2 Å². The molecule has 9 nitrogen and oxygen atoms in total. The Morgan fingerprint density at radius 3 is 2.16 bits per heavy atom. The van der Waals surface area contributed by atoms with Gasteiger partial charge in [0.05, 0.1) is 10.6 Å². The quantitative estimate of drug-likeness (QED) is 0.249. The Hall–Kier alpha value is -2.86. The molecule has 0 saturated heterocycles. The molecule has 0 aromatic heterocycles. The van der Waals surface area contributed by atoms with Crippen molar-refractivity contribution in [2.75, 3.05) is 0 Å². The molecule has 0 aliphatic rings. The summed E-state index contributed by atoms with van der Waals surface area (Å²) in [6.07, 6.45) is 0. The second-order valence-corrected chi connectivity index (χ2v) is 9.36. The van der Waals surface area contributed by atoms with Crippen molar-refractivity contribution in [3.05, 3.63) is 66.7 Å². The fourth-order valence-corrected chi connectivity index (χ4v) is 4.27. The maximum Gasteiger partial charge on any atom is 2.00 e. The Labute approximate surface area is 193 Å². The van der Waals surface area contributed by atoms with E-state index in [9.17, 15) is 31.0 Å². The molecule has 0 aliphatic heterocycles. The molecule has 163 valence electrons. The van der Waals surface area contributed by atoms with Crippen LogP contribution < -0.4 is 5.11 Å². The van der Waals surface area contributed by atoms with Gasteiger partial charge in [-0.05, 0) is 40.4 Å². The van der Waals surface area contributed by atoms with Crippen LogP contribution in [-0.4, -0.2) is 25.9 Å². The van der Waals surface area contributed by atoms with Gasteiger partial charge in [-0.15, -0.1) is 5.11 Å². The molecular formula is C20H12MnN2O7S2. The van der Waals surface area contributed by atoms with Crippen molar-refractivity contribution < 1.29 is 48.1 Å². The number of hydrogen-bond donors (Lipinski definition) is 1. The minimum atomic E-state index is -4.79. The van der Waals surface area contributed by atoms with E-state index in [1.54, 1.807) is 30.3 Å². The monoisotopic (exact) mass is 511 g/mol. The van der Waals surface area contributed by atoms with Crippen molar-refractivity contribution in [1.29, 1.82) is 0 Å². The van der Waals surface area contributed by atoms with E-state index in [0.717, 1.165) is 23.6 Å². The molecule has 0 amide bonds. The number of benzene rings is 4. The SMILES string of the molecule is O=S(=O)([O-])c1ccc2cc(N=Nc3c([O-])ccc4ccccc34)c(S(=O)(=O)O)cc2c1.[Mn+2]. The van der Waals surface area contributed by atoms with Crippen molar-refractivity contribution in [3.63, 3.8) is 0 Å². The molecule has 0 aliphatic carbocycles. The summed E-state index contributed by atoms with van der Waals surface area (Å²) >= 11 is 0. The fraction of sp³-hybridized carbons (Fsp3) is 0. The maximum atomic E-state index is 12.3. The predicted octanol–water partition coefficient (Wildman–Crippen LogP) is 3.63. The number of fused-ring (bicyclic) bond motifs is 2. The van der Waals surface area contributed by atoms with Crippen molar-refractivity contribution >= 4 is 53.2 Å². The predicted molar refractivity (Wildman–Crippen MR) is 109 cm³/mol. The molecule has 1 N–H and O–H groups in total. The first-order chi connectivity index (χ1) is 14.5. The summed E-state index contributed by atoms with van der Waals surface area (Å²) in [5.41, 5.74) is -0.271. The van der Waals surface area contributed by atoms with Gasteiger partial charge in [-0.1, -0.05) is 48.2 Å². The van der Waals surface area contributed by atoms with E-state index in [1.165, 1.54) is 18.2 Å². The minimum Gasteiger partial charge on any atom is -0.871 e. The number of hydrogen-bond acceptors (Lipinski definition) is 8. The second kappa shape index (κ2) is 8.58. The van der Waals surface area contributed by atoms with Crippen molar-refractivity contribution in [1.82, 2.24) is 0 Å². The average molecular weight is 511 g/mol. The van der Waals surface area contributed by atoms with Crippen molar-refractivity contribution in [3.8, 4) is 5.75 Å². The number of rotatable bonds is 4. The van der Waals surface area contributed by atoms with Crippen LogP contribution in [0.1, 0.15) is 0 Å². The molecule has 0 unspecified atom stereocenters. The molecule has 4 rings (SSSR count). The molecule has 0 atom stereocenters. The van der Waals surface area contributed by atoms with E-state index in [0.29, 0.717) is 10.8 Å². The van der Waals surface area contributed by atoms with Crippen LogP contribution in [0.15, 0.2) is 86.7 Å². The normalized spacial score (nSPS) is 12.3. The summed E-state index contributed by atoms with van der Waals surface area (Å²) < 4.78 is 67.1. The standard InChI is InChI=1S/C20H14N2O7S2.Mn/c23-18-8-6-12-3-1-2-4-16(12)20(18)22-21-17-10-13-5-7-15(30(24,25)26)9-14(13)11-19(17)31(27,28)29;/h1-11,23H,(H,24,25,26)(H,27,28,29);/q;+2/p-2. The van der Waals surface area contributed by atoms with Crippen LogP contribution in [0.2, 0.25) is 0 Å². The molecule has 0 spiro atoms. The summed E-state index contributed by atoms with van der Waals surface area (Å²) in [4.78, 5) is -1.21. The van der Waals surface area contributed by atoms with Crippen molar-refractivity contribution in [2.24, 2.45) is 10.2 Å². The van der Waals surface area contributed by atoms with Gasteiger partial charge in [0.25, 0.3) is 10.1 Å². The topological polar surface area (TPSA) is 159 Å².